The van der Waals surface area contributed by atoms with Gasteiger partial charge in [0, 0.05) is 10.6 Å². The zero-order valence-corrected chi connectivity index (χ0v) is 13.9. The number of methoxy groups -OCH3 is 1. The summed E-state index contributed by atoms with van der Waals surface area (Å²) < 4.78 is 6.57. The molecule has 0 aliphatic carbocycles. The van der Waals surface area contributed by atoms with E-state index in [9.17, 15) is 9.59 Å². The minimum Gasteiger partial charge on any atom is -0.464 e. The topological polar surface area (TPSA) is 74.1 Å². The predicted molar refractivity (Wildman–Crippen MR) is 89.5 cm³/mol. The summed E-state index contributed by atoms with van der Waals surface area (Å²) in [6.45, 7) is 2.28. The van der Waals surface area contributed by atoms with Crippen molar-refractivity contribution < 1.29 is 14.3 Å². The Morgan fingerprint density at radius 3 is 2.75 bits per heavy atom. The second kappa shape index (κ2) is 6.41. The maximum Gasteiger partial charge on any atom is 0.356 e. The van der Waals surface area contributed by atoms with E-state index >= 15 is 0 Å². The van der Waals surface area contributed by atoms with Gasteiger partial charge in [-0.1, -0.05) is 23.7 Å². The molecule has 6 nitrogen and oxygen atoms in total. The molecule has 0 unspecified atom stereocenters. The van der Waals surface area contributed by atoms with Crippen molar-refractivity contribution in [2.24, 2.45) is 0 Å². The number of esters is 1. The Hall–Kier alpha value is -2.73. The zero-order valence-electron chi connectivity index (χ0n) is 13.1. The molecule has 1 aromatic carbocycles. The molecule has 7 heteroatoms. The summed E-state index contributed by atoms with van der Waals surface area (Å²) in [5.74, 6) is 0.241. The Labute approximate surface area is 143 Å². The first kappa shape index (κ1) is 16.1. The van der Waals surface area contributed by atoms with Crippen LogP contribution in [0.3, 0.4) is 0 Å². The van der Waals surface area contributed by atoms with Crippen molar-refractivity contribution in [3.05, 3.63) is 58.0 Å². The van der Waals surface area contributed by atoms with Gasteiger partial charge >= 0.3 is 5.97 Å². The fraction of sp³-hybridized carbons (Fsp3) is 0.176. The lowest BCUT2D eigenvalue weighted by Crippen LogP contribution is -2.07. The van der Waals surface area contributed by atoms with Gasteiger partial charge < -0.3 is 9.30 Å². The quantitative estimate of drug-likeness (QED) is 0.537. The van der Waals surface area contributed by atoms with E-state index in [1.165, 1.54) is 7.11 Å². The first-order valence-corrected chi connectivity index (χ1v) is 7.57. The molecule has 0 atom stereocenters. The number of ether oxygens (including phenoxy) is 1. The van der Waals surface area contributed by atoms with E-state index in [2.05, 4.69) is 9.97 Å². The van der Waals surface area contributed by atoms with E-state index in [1.807, 2.05) is 11.5 Å². The van der Waals surface area contributed by atoms with Gasteiger partial charge in [-0.25, -0.2) is 14.8 Å². The summed E-state index contributed by atoms with van der Waals surface area (Å²) in [6, 6.07) is 8.43. The highest BCUT2D eigenvalue weighted by Crippen LogP contribution is 2.22. The molecule has 0 spiro atoms. The van der Waals surface area contributed by atoms with Crippen molar-refractivity contribution in [3.8, 4) is 0 Å². The number of carbonyl (C=O) groups is 2. The van der Waals surface area contributed by atoms with E-state index < -0.39 is 5.97 Å². The van der Waals surface area contributed by atoms with Gasteiger partial charge in [-0.05, 0) is 30.7 Å². The normalized spacial score (nSPS) is 10.8. The summed E-state index contributed by atoms with van der Waals surface area (Å²) in [5.41, 5.74) is 2.82. The van der Waals surface area contributed by atoms with E-state index in [-0.39, 0.29) is 5.69 Å². The molecule has 0 saturated carbocycles. The Morgan fingerprint density at radius 1 is 1.29 bits per heavy atom. The third-order valence-electron chi connectivity index (χ3n) is 3.72. The van der Waals surface area contributed by atoms with Crippen LogP contribution < -0.4 is 0 Å². The minimum absolute atomic E-state index is 0.216. The minimum atomic E-state index is -0.504. The number of aromatic nitrogens is 3. The van der Waals surface area contributed by atoms with Gasteiger partial charge in [0.2, 0.25) is 0 Å². The number of rotatable bonds is 4. The number of nitrogens with zero attached hydrogens (tertiary/aromatic N) is 3. The van der Waals surface area contributed by atoms with Crippen LogP contribution in [0.25, 0.3) is 11.2 Å². The van der Waals surface area contributed by atoms with Crippen molar-refractivity contribution in [1.82, 2.24) is 14.5 Å². The van der Waals surface area contributed by atoms with Crippen molar-refractivity contribution in [3.63, 3.8) is 0 Å². The van der Waals surface area contributed by atoms with E-state index in [0.717, 1.165) is 17.7 Å². The van der Waals surface area contributed by atoms with Crippen LogP contribution in [0.4, 0.5) is 0 Å². The lowest BCUT2D eigenvalue weighted by molar-refractivity contribution is 0.0594. The smallest absolute Gasteiger partial charge is 0.356 e. The number of imidazole rings is 1. The number of aldehydes is 1. The highest BCUT2D eigenvalue weighted by molar-refractivity contribution is 6.31. The molecule has 3 aromatic rings. The molecule has 2 aromatic heterocycles. The number of carbonyl (C=O) groups excluding carboxylic acids is 2. The average molecular weight is 344 g/mol. The fourth-order valence-corrected chi connectivity index (χ4v) is 2.71. The van der Waals surface area contributed by atoms with Gasteiger partial charge in [0.1, 0.15) is 17.6 Å². The van der Waals surface area contributed by atoms with Gasteiger partial charge in [-0.3, -0.25) is 4.79 Å². The number of halogens is 1. The second-order valence-electron chi connectivity index (χ2n) is 5.24. The molecule has 0 aliphatic heterocycles. The number of hydrogen-bond donors (Lipinski definition) is 0. The van der Waals surface area contributed by atoms with Crippen molar-refractivity contribution in [2.75, 3.05) is 7.11 Å². The molecule has 0 bridgehead atoms. The number of fused-ring (bicyclic) bond motifs is 1. The Bertz CT molecular complexity index is 950. The van der Waals surface area contributed by atoms with Crippen LogP contribution in [-0.4, -0.2) is 33.9 Å². The summed E-state index contributed by atoms with van der Waals surface area (Å²) in [6.07, 6.45) is 0.748. The molecule has 0 saturated heterocycles. The molecule has 24 heavy (non-hydrogen) atoms. The molecular formula is C17H14ClN3O3. The number of benzene rings is 1. The molecule has 0 aliphatic rings. The van der Waals surface area contributed by atoms with E-state index in [1.54, 1.807) is 30.3 Å². The zero-order chi connectivity index (χ0) is 17.3. The molecule has 2 heterocycles. The van der Waals surface area contributed by atoms with Crippen LogP contribution in [-0.2, 0) is 11.3 Å². The molecule has 0 radical (unpaired) electrons. The molecule has 0 amide bonds. The van der Waals surface area contributed by atoms with Gasteiger partial charge in [0.15, 0.2) is 11.3 Å². The third kappa shape index (κ3) is 2.88. The lowest BCUT2D eigenvalue weighted by Gasteiger charge is -2.09. The lowest BCUT2D eigenvalue weighted by atomic mass is 10.1. The van der Waals surface area contributed by atoms with E-state index in [4.69, 9.17) is 16.3 Å². The molecule has 0 N–H and O–H groups in total. The van der Waals surface area contributed by atoms with Crippen LogP contribution in [0.5, 0.6) is 0 Å². The van der Waals surface area contributed by atoms with Crippen LogP contribution in [0, 0.1) is 6.92 Å². The Balaban J connectivity index is 2.06. The van der Waals surface area contributed by atoms with Crippen molar-refractivity contribution in [1.29, 1.82) is 0 Å². The van der Waals surface area contributed by atoms with Crippen LogP contribution in [0.15, 0.2) is 30.3 Å². The van der Waals surface area contributed by atoms with Crippen molar-refractivity contribution >= 4 is 35.0 Å². The highest BCUT2D eigenvalue weighted by Gasteiger charge is 2.15. The SMILES string of the molecule is COC(=O)c1ccc2nc(C)n(Cc3ccc(C=O)cc3Cl)c2n1. The summed E-state index contributed by atoms with van der Waals surface area (Å²) in [7, 11) is 1.31. The molecule has 3 rings (SSSR count). The average Bonchev–Trinajstić information content (AvgIpc) is 2.90. The van der Waals surface area contributed by atoms with Gasteiger partial charge in [0.25, 0.3) is 0 Å². The van der Waals surface area contributed by atoms with Gasteiger partial charge in [0.05, 0.1) is 13.7 Å². The summed E-state index contributed by atoms with van der Waals surface area (Å²) in [5, 5.41) is 0.491. The van der Waals surface area contributed by atoms with Gasteiger partial charge in [-0.2, -0.15) is 0 Å². The Kier molecular flexibility index (Phi) is 4.31. The monoisotopic (exact) mass is 343 g/mol. The van der Waals surface area contributed by atoms with Crippen molar-refractivity contribution in [2.45, 2.75) is 13.5 Å². The van der Waals surface area contributed by atoms with E-state index in [0.29, 0.717) is 28.3 Å². The highest BCUT2D eigenvalue weighted by atomic mass is 35.5. The fourth-order valence-electron chi connectivity index (χ4n) is 2.46. The summed E-state index contributed by atoms with van der Waals surface area (Å²) >= 11 is 6.25. The van der Waals surface area contributed by atoms with Crippen LogP contribution in [0.2, 0.25) is 5.02 Å². The molecular weight excluding hydrogens is 330 g/mol. The largest absolute Gasteiger partial charge is 0.464 e. The number of aryl methyl sites for hydroxylation is 1. The van der Waals surface area contributed by atoms with Crippen LogP contribution >= 0.6 is 11.6 Å². The Morgan fingerprint density at radius 2 is 2.08 bits per heavy atom. The number of hydrogen-bond acceptors (Lipinski definition) is 5. The molecule has 122 valence electrons. The van der Waals surface area contributed by atoms with Gasteiger partial charge in [-0.15, -0.1) is 0 Å². The first-order chi connectivity index (χ1) is 11.5. The maximum absolute atomic E-state index is 11.7. The number of pyridine rings is 1. The standard InChI is InChI=1S/C17H14ClN3O3/c1-10-19-14-5-6-15(17(23)24-2)20-16(14)21(10)8-12-4-3-11(9-22)7-13(12)18/h3-7,9H,8H2,1-2H3. The predicted octanol–water partition coefficient (Wildman–Crippen LogP) is 3.04. The third-order valence-corrected chi connectivity index (χ3v) is 4.07. The van der Waals surface area contributed by atoms with Crippen LogP contribution in [0.1, 0.15) is 32.2 Å². The first-order valence-electron chi connectivity index (χ1n) is 7.19. The summed E-state index contributed by atoms with van der Waals surface area (Å²) in [4.78, 5) is 31.3. The maximum atomic E-state index is 11.7. The molecule has 0 fully saturated rings. The second-order valence-corrected chi connectivity index (χ2v) is 5.65.